The highest BCUT2D eigenvalue weighted by molar-refractivity contribution is 7.87. The van der Waals surface area contributed by atoms with Crippen molar-refractivity contribution in [3.63, 3.8) is 0 Å². The van der Waals surface area contributed by atoms with E-state index in [0.29, 0.717) is 12.1 Å². The van der Waals surface area contributed by atoms with Crippen LogP contribution in [0.2, 0.25) is 2.82 Å². The number of rotatable bonds is 9. The van der Waals surface area contributed by atoms with Crippen LogP contribution in [0.3, 0.4) is 0 Å². The minimum Gasteiger partial charge on any atom is -0.316 e. The molecule has 24 heteroatoms. The van der Waals surface area contributed by atoms with E-state index >= 15 is 8.78 Å². The minimum absolute atomic E-state index is 0.253. The summed E-state index contributed by atoms with van der Waals surface area (Å²) in [5.41, 5.74) is -1.95. The summed E-state index contributed by atoms with van der Waals surface area (Å²) in [4.78, 5) is 23.9. The zero-order valence-electron chi connectivity index (χ0n) is 31.5. The van der Waals surface area contributed by atoms with Gasteiger partial charge in [-0.25, -0.2) is 19.8 Å². The quantitative estimate of drug-likeness (QED) is 0.0559. The lowest BCUT2D eigenvalue weighted by molar-refractivity contribution is -0.172. The second-order valence-corrected chi connectivity index (χ2v) is 16.5. The molecule has 0 saturated carbocycles. The molecule has 0 heterocycles. The first-order valence-electron chi connectivity index (χ1n) is 17.4. The molecule has 2 amide bonds. The Morgan fingerprint density at radius 2 is 0.967 bits per heavy atom. The predicted octanol–water partition coefficient (Wildman–Crippen LogP) is 7.46. The first kappa shape index (κ1) is 40.5. The monoisotopic (exact) mass is 884 g/mol. The molecule has 14 nitrogen and oxygen atoms in total. The summed E-state index contributed by atoms with van der Waals surface area (Å²) in [5.74, 6) is -7.94. The summed E-state index contributed by atoms with van der Waals surface area (Å²) in [6.07, 6.45) is -13.3. The number of allylic oxidation sites excluding steroid dienone is 2. The molecule has 2 aliphatic rings. The van der Waals surface area contributed by atoms with Crippen molar-refractivity contribution in [3.05, 3.63) is 141 Å². The molecule has 0 radical (unpaired) electrons. The Kier molecular flexibility index (Phi) is 9.99. The van der Waals surface area contributed by atoms with E-state index < -0.39 is 135 Å². The number of hydrogen-bond acceptors (Lipinski definition) is 10. The highest BCUT2D eigenvalue weighted by atomic mass is 32.2. The van der Waals surface area contributed by atoms with Crippen molar-refractivity contribution in [3.8, 4) is 11.1 Å². The Bertz CT molecular complexity index is 2720. The standard InChI is InChI=1S/C36H24F8N6O8S2/c37-25-13-17(9-11-23(25)33(59(53,54)55)15-27(49-45)29(47-31(51)35(39,40)41)19-5-1-3-7-21(19)33)18-10-12-24(26(38)14-18)34(60(56,57)58)16-28(50-46)30(48-32(52)36(42,43)44)20-6-2-4-8-22(20)34/h1-14,45-46H,15-16H2,(H,47,51)(H,48,52)(H,53,54,55)(H,56,57,58)/b49-45+,50-46+. The van der Waals surface area contributed by atoms with Crippen molar-refractivity contribution < 1.29 is 73.5 Å². The van der Waals surface area contributed by atoms with E-state index in [-0.39, 0.29) is 11.1 Å². The lowest BCUT2D eigenvalue weighted by Crippen LogP contribution is -2.44. The van der Waals surface area contributed by atoms with Gasteiger partial charge in [-0.1, -0.05) is 72.8 Å². The fraction of sp³-hybridized carbons (Fsp3) is 0.167. The molecule has 0 aliphatic heterocycles. The Morgan fingerprint density at radius 1 is 0.617 bits per heavy atom. The molecule has 0 aromatic heterocycles. The van der Waals surface area contributed by atoms with E-state index in [1.165, 1.54) is 24.3 Å². The Morgan fingerprint density at radius 3 is 1.27 bits per heavy atom. The summed E-state index contributed by atoms with van der Waals surface area (Å²) in [5, 5.41) is 9.83. The maximum Gasteiger partial charge on any atom is 0.471 e. The molecule has 314 valence electrons. The van der Waals surface area contributed by atoms with Gasteiger partial charge in [0, 0.05) is 35.1 Å². The molecular formula is C36H24F8N6O8S2. The Balaban J connectivity index is 1.50. The van der Waals surface area contributed by atoms with Crippen LogP contribution in [0.5, 0.6) is 0 Å². The van der Waals surface area contributed by atoms with Crippen LogP contribution in [-0.4, -0.2) is 50.1 Å². The first-order chi connectivity index (χ1) is 28.8. The topological polar surface area (TPSA) is 239 Å². The van der Waals surface area contributed by atoms with Crippen LogP contribution in [0, 0.1) is 22.7 Å². The van der Waals surface area contributed by atoms with E-state index in [4.69, 9.17) is 2.82 Å². The third-order valence-electron chi connectivity index (χ3n) is 9.93. The molecular weight excluding hydrogens is 861 g/mol. The number of nitrogens with zero attached hydrogens (tertiary/aromatic N) is 2. The van der Waals surface area contributed by atoms with Crippen LogP contribution < -0.4 is 10.6 Å². The van der Waals surface area contributed by atoms with Gasteiger partial charge in [0.2, 0.25) is 2.82 Å². The summed E-state index contributed by atoms with van der Waals surface area (Å²) in [7, 11) is -11.2. The second kappa shape index (κ2) is 14.8. The van der Waals surface area contributed by atoms with E-state index in [1.807, 2.05) is 0 Å². The van der Waals surface area contributed by atoms with E-state index in [1.54, 1.807) is 10.6 Å². The number of benzene rings is 4. The van der Waals surface area contributed by atoms with Crippen molar-refractivity contribution in [1.82, 2.24) is 10.6 Å². The highest BCUT2D eigenvalue weighted by Gasteiger charge is 2.55. The number of fused-ring (bicyclic) bond motifs is 2. The molecule has 0 spiro atoms. The van der Waals surface area contributed by atoms with Gasteiger partial charge in [-0.05, 0) is 34.4 Å². The summed E-state index contributed by atoms with van der Waals surface area (Å²) in [6.45, 7) is 0. The van der Waals surface area contributed by atoms with Crippen LogP contribution in [0.15, 0.2) is 107 Å². The number of carbonyl (C=O) groups is 2. The highest BCUT2D eigenvalue weighted by Crippen LogP contribution is 2.53. The SMILES string of the molecule is [H]/N=N/C1=C(NC(=O)C(F)(F)F)c2ccccc2C(c2ccc(-c3ccc(C4(S(=O)(=O)O)CC(/N=N/[H])=C(NC(=O)C(F)(F)F)c5ccccc54)c(F)c3)cc2F)(S(=O)(=O)O)C1. The zero-order valence-corrected chi connectivity index (χ0v) is 31.1. The van der Waals surface area contributed by atoms with Crippen LogP contribution in [0.25, 0.3) is 22.5 Å². The summed E-state index contributed by atoms with van der Waals surface area (Å²) >= 11 is 0. The van der Waals surface area contributed by atoms with Crippen molar-refractivity contribution in [2.75, 3.05) is 0 Å². The predicted molar refractivity (Wildman–Crippen MR) is 191 cm³/mol. The number of hydrogen-bond donors (Lipinski definition) is 6. The number of halogens is 8. The van der Waals surface area contributed by atoms with Crippen LogP contribution in [-0.2, 0) is 39.3 Å². The first-order valence-corrected chi connectivity index (χ1v) is 19.4. The zero-order chi connectivity index (χ0) is 45.8. The lowest BCUT2D eigenvalue weighted by Gasteiger charge is -2.38. The number of nitrogens with one attached hydrogen (secondary N) is 4. The van der Waals surface area contributed by atoms with Crippen LogP contribution in [0.4, 0.5) is 35.1 Å². The maximum absolute atomic E-state index is 16.5. The van der Waals surface area contributed by atoms with Gasteiger partial charge < -0.3 is 10.6 Å². The largest absolute Gasteiger partial charge is 0.471 e. The van der Waals surface area contributed by atoms with Gasteiger partial charge in [0.25, 0.3) is 20.2 Å². The minimum atomic E-state index is -5.60. The average molecular weight is 885 g/mol. The molecule has 2 atom stereocenters. The number of alkyl halides is 6. The molecule has 4 aromatic carbocycles. The lowest BCUT2D eigenvalue weighted by atomic mass is 9.77. The van der Waals surface area contributed by atoms with Crippen LogP contribution >= 0.6 is 0 Å². The Labute approximate surface area is 335 Å². The molecule has 2 aliphatic carbocycles. The maximum atomic E-state index is 16.5. The molecule has 4 aromatic rings. The van der Waals surface area contributed by atoms with Crippen LogP contribution in [0.1, 0.15) is 46.2 Å². The van der Waals surface area contributed by atoms with Gasteiger partial charge in [-0.3, -0.25) is 18.7 Å². The normalized spacial score (nSPS) is 20.4. The molecule has 0 saturated heterocycles. The van der Waals surface area contributed by atoms with Gasteiger partial charge in [0.15, 0.2) is 9.49 Å². The third kappa shape index (κ3) is 7.03. The second-order valence-electron chi connectivity index (χ2n) is 13.2. The van der Waals surface area contributed by atoms with E-state index in [0.717, 1.165) is 48.5 Å². The average Bonchev–Trinajstić information content (AvgIpc) is 3.18. The fourth-order valence-corrected chi connectivity index (χ4v) is 9.77. The Hall–Kier alpha value is -6.24. The number of carbonyl (C=O) groups excluding carboxylic acids is 2. The fourth-order valence-electron chi connectivity index (χ4n) is 7.34. The van der Waals surface area contributed by atoms with Crippen molar-refractivity contribution in [2.45, 2.75) is 34.7 Å². The van der Waals surface area contributed by atoms with Crippen molar-refractivity contribution in [1.29, 1.82) is 11.0 Å². The van der Waals surface area contributed by atoms with Gasteiger partial charge in [0.1, 0.15) is 11.6 Å². The molecule has 0 bridgehead atoms. The summed E-state index contributed by atoms with van der Waals surface area (Å²) in [6, 6.07) is 13.8. The van der Waals surface area contributed by atoms with Gasteiger partial charge in [0.05, 0.1) is 22.8 Å². The van der Waals surface area contributed by atoms with Gasteiger partial charge in [-0.15, -0.1) is 0 Å². The molecule has 6 N–H and O–H groups in total. The summed E-state index contributed by atoms with van der Waals surface area (Å²) < 4.78 is 196. The molecule has 0 fully saturated rings. The molecule has 60 heavy (non-hydrogen) atoms. The van der Waals surface area contributed by atoms with Gasteiger partial charge in [-0.2, -0.15) is 53.4 Å². The smallest absolute Gasteiger partial charge is 0.316 e. The molecule has 6 rings (SSSR count). The van der Waals surface area contributed by atoms with Crippen molar-refractivity contribution >= 4 is 43.4 Å². The van der Waals surface area contributed by atoms with E-state index in [9.17, 15) is 61.9 Å². The molecule has 2 unspecified atom stereocenters. The number of amides is 2. The van der Waals surface area contributed by atoms with Gasteiger partial charge >= 0.3 is 24.2 Å². The van der Waals surface area contributed by atoms with E-state index in [2.05, 4.69) is 21.3 Å². The third-order valence-corrected chi connectivity index (χ3v) is 12.9. The van der Waals surface area contributed by atoms with Crippen molar-refractivity contribution in [2.24, 2.45) is 10.2 Å².